The average Bonchev–Trinajstić information content (AvgIpc) is 2.47. The molecule has 0 saturated carbocycles. The summed E-state index contributed by atoms with van der Waals surface area (Å²) < 4.78 is 0. The molecule has 0 radical (unpaired) electrons. The van der Waals surface area contributed by atoms with E-state index in [1.54, 1.807) is 6.92 Å². The minimum absolute atomic E-state index is 0.162. The van der Waals surface area contributed by atoms with E-state index in [2.05, 4.69) is 31.0 Å². The summed E-state index contributed by atoms with van der Waals surface area (Å²) in [4.78, 5) is 11.9. The molecule has 0 aliphatic carbocycles. The zero-order chi connectivity index (χ0) is 14.5. The van der Waals surface area contributed by atoms with E-state index in [1.165, 1.54) is 24.0 Å². The van der Waals surface area contributed by atoms with Gasteiger partial charge in [-0.05, 0) is 67.8 Å². The Hall–Kier alpha value is -1.41. The normalized spacial score (nSPS) is 18.8. The zero-order valence-corrected chi connectivity index (χ0v) is 12.7. The maximum atomic E-state index is 11.9. The first kappa shape index (κ1) is 15.0. The van der Waals surface area contributed by atoms with Gasteiger partial charge in [0.2, 0.25) is 0 Å². The Kier molecular flexibility index (Phi) is 5.13. The second-order valence-electron chi connectivity index (χ2n) is 5.65. The molecule has 1 atom stereocenters. The summed E-state index contributed by atoms with van der Waals surface area (Å²) >= 11 is 0. The first-order valence-electron chi connectivity index (χ1n) is 7.65. The number of piperidine rings is 1. The minimum atomic E-state index is 0.162. The molecule has 0 aromatic heterocycles. The Morgan fingerprint density at radius 2 is 2.25 bits per heavy atom. The molecule has 1 N–H and O–H groups in total. The molecule has 1 unspecified atom stereocenters. The van der Waals surface area contributed by atoms with E-state index in [0.29, 0.717) is 5.92 Å². The van der Waals surface area contributed by atoms with Crippen molar-refractivity contribution in [3.8, 4) is 0 Å². The van der Waals surface area contributed by atoms with Gasteiger partial charge in [-0.25, -0.2) is 0 Å². The van der Waals surface area contributed by atoms with Crippen LogP contribution in [-0.4, -0.2) is 18.9 Å². The highest BCUT2D eigenvalue weighted by molar-refractivity contribution is 5.96. The molecule has 1 aliphatic rings. The van der Waals surface area contributed by atoms with Crippen LogP contribution in [0.1, 0.15) is 59.7 Å². The van der Waals surface area contributed by atoms with Crippen LogP contribution in [0.5, 0.6) is 0 Å². The fraction of sp³-hybridized carbons (Fsp3) is 0.500. The summed E-state index contributed by atoms with van der Waals surface area (Å²) in [5, 5.41) is 3.47. The highest BCUT2D eigenvalue weighted by Gasteiger charge is 2.20. The van der Waals surface area contributed by atoms with Crippen molar-refractivity contribution >= 4 is 5.78 Å². The average molecular weight is 271 g/mol. The lowest BCUT2D eigenvalue weighted by molar-refractivity contribution is 0.101. The van der Waals surface area contributed by atoms with Gasteiger partial charge in [-0.2, -0.15) is 0 Å². The van der Waals surface area contributed by atoms with Gasteiger partial charge in [0.1, 0.15) is 0 Å². The van der Waals surface area contributed by atoms with E-state index in [0.717, 1.165) is 37.1 Å². The van der Waals surface area contributed by atoms with Gasteiger partial charge in [-0.3, -0.25) is 4.79 Å². The van der Waals surface area contributed by atoms with Crippen molar-refractivity contribution in [2.75, 3.05) is 13.1 Å². The Balaban J connectivity index is 2.46. The lowest BCUT2D eigenvalue weighted by atomic mass is 9.84. The highest BCUT2D eigenvalue weighted by Crippen LogP contribution is 2.30. The molecule has 0 amide bonds. The summed E-state index contributed by atoms with van der Waals surface area (Å²) in [6.45, 7) is 9.81. The smallest absolute Gasteiger partial charge is 0.160 e. The van der Waals surface area contributed by atoms with Crippen LogP contribution in [0.4, 0.5) is 0 Å². The molecule has 20 heavy (non-hydrogen) atoms. The maximum Gasteiger partial charge on any atom is 0.160 e. The maximum absolute atomic E-state index is 11.9. The van der Waals surface area contributed by atoms with Gasteiger partial charge in [-0.15, -0.1) is 6.58 Å². The van der Waals surface area contributed by atoms with Crippen LogP contribution in [0.2, 0.25) is 0 Å². The number of benzene rings is 1. The Bertz CT molecular complexity index is 498. The lowest BCUT2D eigenvalue weighted by Gasteiger charge is -2.26. The molecule has 1 aromatic carbocycles. The van der Waals surface area contributed by atoms with Crippen molar-refractivity contribution in [2.45, 2.75) is 45.4 Å². The predicted molar refractivity (Wildman–Crippen MR) is 84.6 cm³/mol. The van der Waals surface area contributed by atoms with Crippen molar-refractivity contribution in [3.63, 3.8) is 0 Å². The number of allylic oxidation sites excluding steroid dienone is 1. The van der Waals surface area contributed by atoms with Crippen LogP contribution in [0.3, 0.4) is 0 Å². The molecule has 1 saturated heterocycles. The number of ketones is 1. The third kappa shape index (κ3) is 3.18. The molecule has 1 aliphatic heterocycles. The molecular formula is C18H25NO. The Morgan fingerprint density at radius 3 is 2.80 bits per heavy atom. The van der Waals surface area contributed by atoms with Gasteiger partial charge in [-0.1, -0.05) is 19.1 Å². The molecule has 1 aromatic rings. The number of Topliss-reactive ketones (excluding diaryl/α,β-unsaturated/α-hetero) is 1. The number of hydrogen-bond acceptors (Lipinski definition) is 2. The molecule has 2 rings (SSSR count). The van der Waals surface area contributed by atoms with E-state index >= 15 is 0 Å². The lowest BCUT2D eigenvalue weighted by Crippen LogP contribution is -2.29. The number of carbonyl (C=O) groups is 1. The van der Waals surface area contributed by atoms with Crippen molar-refractivity contribution in [3.05, 3.63) is 47.0 Å². The number of carbonyl (C=O) groups excluding carboxylic acids is 1. The van der Waals surface area contributed by atoms with Crippen LogP contribution in [0.25, 0.3) is 0 Å². The van der Waals surface area contributed by atoms with Crippen molar-refractivity contribution < 1.29 is 4.79 Å². The standard InChI is InChI=1S/C18H25NO/c1-4-7-15-10-14(5-2)18(11-17(15)13(3)20)16-8-6-9-19-12-16/h4,10-11,16,19H,1,5-9,12H2,2-3H3. The minimum Gasteiger partial charge on any atom is -0.316 e. The summed E-state index contributed by atoms with van der Waals surface area (Å²) in [6.07, 6.45) is 6.11. The summed E-state index contributed by atoms with van der Waals surface area (Å²) in [7, 11) is 0. The Morgan fingerprint density at radius 1 is 1.45 bits per heavy atom. The predicted octanol–water partition coefficient (Wildman–Crippen LogP) is 3.65. The van der Waals surface area contributed by atoms with Crippen molar-refractivity contribution in [1.82, 2.24) is 5.32 Å². The number of aryl methyl sites for hydroxylation is 1. The highest BCUT2D eigenvalue weighted by atomic mass is 16.1. The molecule has 0 spiro atoms. The quantitative estimate of drug-likeness (QED) is 0.654. The van der Waals surface area contributed by atoms with E-state index in [1.807, 2.05) is 6.08 Å². The van der Waals surface area contributed by atoms with E-state index in [4.69, 9.17) is 0 Å². The largest absolute Gasteiger partial charge is 0.316 e. The van der Waals surface area contributed by atoms with Gasteiger partial charge in [0.05, 0.1) is 0 Å². The second kappa shape index (κ2) is 6.85. The third-order valence-corrected chi connectivity index (χ3v) is 4.23. The van der Waals surface area contributed by atoms with Gasteiger partial charge >= 0.3 is 0 Å². The molecule has 108 valence electrons. The SMILES string of the molecule is C=CCc1cc(CC)c(C2CCCNC2)cc1C(C)=O. The summed E-state index contributed by atoms with van der Waals surface area (Å²) in [5.74, 6) is 0.712. The molecular weight excluding hydrogens is 246 g/mol. The topological polar surface area (TPSA) is 29.1 Å². The number of hydrogen-bond donors (Lipinski definition) is 1. The fourth-order valence-corrected chi connectivity index (χ4v) is 3.17. The van der Waals surface area contributed by atoms with E-state index in [9.17, 15) is 4.79 Å². The molecule has 2 heteroatoms. The number of rotatable bonds is 5. The summed E-state index contributed by atoms with van der Waals surface area (Å²) in [5.41, 5.74) is 4.76. The van der Waals surface area contributed by atoms with Gasteiger partial charge in [0.25, 0.3) is 0 Å². The van der Waals surface area contributed by atoms with Crippen molar-refractivity contribution in [2.24, 2.45) is 0 Å². The first-order valence-corrected chi connectivity index (χ1v) is 7.65. The Labute approximate surface area is 122 Å². The molecule has 1 heterocycles. The van der Waals surface area contributed by atoms with Gasteiger partial charge in [0, 0.05) is 12.1 Å². The summed E-state index contributed by atoms with van der Waals surface area (Å²) in [6, 6.07) is 4.38. The van der Waals surface area contributed by atoms with E-state index in [-0.39, 0.29) is 5.78 Å². The first-order chi connectivity index (χ1) is 9.67. The monoisotopic (exact) mass is 271 g/mol. The molecule has 1 fully saturated rings. The van der Waals surface area contributed by atoms with Gasteiger partial charge < -0.3 is 5.32 Å². The fourth-order valence-electron chi connectivity index (χ4n) is 3.17. The molecule has 0 bridgehead atoms. The van der Waals surface area contributed by atoms with Crippen LogP contribution in [0, 0.1) is 0 Å². The van der Waals surface area contributed by atoms with Gasteiger partial charge in [0.15, 0.2) is 5.78 Å². The van der Waals surface area contributed by atoms with Crippen LogP contribution >= 0.6 is 0 Å². The molecule has 2 nitrogen and oxygen atoms in total. The van der Waals surface area contributed by atoms with E-state index < -0.39 is 0 Å². The number of nitrogens with one attached hydrogen (secondary N) is 1. The van der Waals surface area contributed by atoms with Crippen molar-refractivity contribution in [1.29, 1.82) is 0 Å². The third-order valence-electron chi connectivity index (χ3n) is 4.23. The van der Waals surface area contributed by atoms with Crippen LogP contribution in [-0.2, 0) is 12.8 Å². The van der Waals surface area contributed by atoms with Crippen LogP contribution < -0.4 is 5.32 Å². The van der Waals surface area contributed by atoms with Crippen LogP contribution in [0.15, 0.2) is 24.8 Å². The zero-order valence-electron chi connectivity index (χ0n) is 12.7. The second-order valence-corrected chi connectivity index (χ2v) is 5.65.